The van der Waals surface area contributed by atoms with Gasteiger partial charge in [-0.1, -0.05) is 18.2 Å². The largest absolute Gasteiger partial charge is 0.482 e. The molecule has 2 aromatic carbocycles. The number of ether oxygens (including phenoxy) is 2. The number of carbonyl (C=O) groups is 2. The van der Waals surface area contributed by atoms with Gasteiger partial charge in [0.2, 0.25) is 0 Å². The Morgan fingerprint density at radius 1 is 1.17 bits per heavy atom. The Bertz CT molecular complexity index is 1300. The number of aryl methyl sites for hydroxylation is 3. The number of imidazole rings is 1. The second-order valence-corrected chi connectivity index (χ2v) is 9.78. The van der Waals surface area contributed by atoms with Crippen LogP contribution in [-0.2, 0) is 27.9 Å². The van der Waals surface area contributed by atoms with Gasteiger partial charge >= 0.3 is 5.97 Å². The Balaban J connectivity index is 1.40. The minimum absolute atomic E-state index is 0.0185. The maximum atomic E-state index is 11.8. The van der Waals surface area contributed by atoms with E-state index in [1.807, 2.05) is 36.1 Å². The number of anilines is 1. The number of nitrogens with one attached hydrogen (secondary N) is 1. The first kappa shape index (κ1) is 24.1. The number of hydrogen-bond donors (Lipinski definition) is 1. The van der Waals surface area contributed by atoms with Crippen molar-refractivity contribution >= 4 is 17.6 Å². The van der Waals surface area contributed by atoms with Crippen LogP contribution in [0.2, 0.25) is 0 Å². The lowest BCUT2D eigenvalue weighted by Gasteiger charge is -2.30. The van der Waals surface area contributed by atoms with Crippen molar-refractivity contribution in [2.24, 2.45) is 13.0 Å². The first-order chi connectivity index (χ1) is 17.3. The minimum atomic E-state index is -0.143. The highest BCUT2D eigenvalue weighted by molar-refractivity contribution is 5.96. The third kappa shape index (κ3) is 4.60. The van der Waals surface area contributed by atoms with Crippen LogP contribution >= 0.6 is 0 Å². The summed E-state index contributed by atoms with van der Waals surface area (Å²) in [5, 5.41) is 2.85. The molecular formula is C28H32N4O4. The number of likely N-dealkylation sites (tertiary alicyclic amines) is 1. The van der Waals surface area contributed by atoms with Crippen LogP contribution in [-0.4, -0.2) is 53.1 Å². The molecule has 8 nitrogen and oxygen atoms in total. The lowest BCUT2D eigenvalue weighted by Crippen LogP contribution is -2.36. The molecule has 0 radical (unpaired) electrons. The molecule has 1 N–H and O–H groups in total. The zero-order chi connectivity index (χ0) is 25.4. The van der Waals surface area contributed by atoms with Crippen molar-refractivity contribution in [3.63, 3.8) is 0 Å². The molecule has 0 bridgehead atoms. The van der Waals surface area contributed by atoms with Crippen molar-refractivity contribution in [3.8, 4) is 28.3 Å². The van der Waals surface area contributed by atoms with Gasteiger partial charge < -0.3 is 19.4 Å². The fourth-order valence-electron chi connectivity index (χ4n) is 5.45. The molecule has 0 spiro atoms. The first-order valence-electron chi connectivity index (χ1n) is 12.3. The normalized spacial score (nSPS) is 16.3. The Morgan fingerprint density at radius 3 is 2.58 bits per heavy atom. The number of piperidine rings is 1. The topological polar surface area (TPSA) is 85.7 Å². The second kappa shape index (κ2) is 9.78. The fourth-order valence-corrected chi connectivity index (χ4v) is 5.45. The molecule has 3 aromatic rings. The van der Waals surface area contributed by atoms with Crippen LogP contribution in [0.25, 0.3) is 22.5 Å². The van der Waals surface area contributed by atoms with Gasteiger partial charge in [0.25, 0.3) is 5.91 Å². The van der Waals surface area contributed by atoms with Crippen LogP contribution in [0.1, 0.15) is 29.5 Å². The molecule has 8 heteroatoms. The fraction of sp³-hybridized carbons (Fsp3) is 0.393. The SMILES string of the molecule is COC(=O)C1CCN(Cc2cc(C)c(-c3ncn(C)c3-c3ccc4c(c3)OCC(=O)N4)c(C)c2)CC1. The van der Waals surface area contributed by atoms with E-state index >= 15 is 0 Å². The predicted molar refractivity (Wildman–Crippen MR) is 138 cm³/mol. The maximum Gasteiger partial charge on any atom is 0.308 e. The van der Waals surface area contributed by atoms with Crippen LogP contribution < -0.4 is 10.1 Å². The lowest BCUT2D eigenvalue weighted by atomic mass is 9.93. The molecule has 1 saturated heterocycles. The Morgan fingerprint density at radius 2 is 1.89 bits per heavy atom. The second-order valence-electron chi connectivity index (χ2n) is 9.78. The number of carbonyl (C=O) groups excluding carboxylic acids is 2. The average molecular weight is 489 g/mol. The summed E-state index contributed by atoms with van der Waals surface area (Å²) in [5.41, 5.74) is 8.35. The summed E-state index contributed by atoms with van der Waals surface area (Å²) < 4.78 is 12.6. The molecule has 0 saturated carbocycles. The molecule has 1 aromatic heterocycles. The molecule has 2 aliphatic rings. The molecule has 0 aliphatic carbocycles. The Hall–Kier alpha value is -3.65. The molecule has 36 heavy (non-hydrogen) atoms. The zero-order valence-electron chi connectivity index (χ0n) is 21.3. The van der Waals surface area contributed by atoms with E-state index < -0.39 is 0 Å². The van der Waals surface area contributed by atoms with Gasteiger partial charge in [-0.3, -0.25) is 14.5 Å². The van der Waals surface area contributed by atoms with Gasteiger partial charge in [0, 0.05) is 24.7 Å². The van der Waals surface area contributed by atoms with E-state index in [9.17, 15) is 9.59 Å². The molecule has 3 heterocycles. The molecule has 0 atom stereocenters. The number of hydrogen-bond acceptors (Lipinski definition) is 6. The van der Waals surface area contributed by atoms with Crippen molar-refractivity contribution in [1.29, 1.82) is 0 Å². The summed E-state index contributed by atoms with van der Waals surface area (Å²) in [6.45, 7) is 6.95. The molecular weight excluding hydrogens is 456 g/mol. The van der Waals surface area contributed by atoms with Gasteiger partial charge in [0.1, 0.15) is 5.75 Å². The third-order valence-corrected chi connectivity index (χ3v) is 7.18. The molecule has 5 rings (SSSR count). The monoisotopic (exact) mass is 488 g/mol. The highest BCUT2D eigenvalue weighted by Gasteiger charge is 2.26. The van der Waals surface area contributed by atoms with E-state index in [2.05, 4.69) is 36.2 Å². The molecule has 1 fully saturated rings. The summed E-state index contributed by atoms with van der Waals surface area (Å²) in [4.78, 5) is 30.7. The van der Waals surface area contributed by atoms with Crippen molar-refractivity contribution in [1.82, 2.24) is 14.5 Å². The van der Waals surface area contributed by atoms with Crippen LogP contribution in [0.5, 0.6) is 5.75 Å². The number of benzene rings is 2. The van der Waals surface area contributed by atoms with Gasteiger partial charge in [-0.25, -0.2) is 4.98 Å². The zero-order valence-corrected chi connectivity index (χ0v) is 21.3. The Labute approximate surface area is 211 Å². The molecule has 0 unspecified atom stereocenters. The number of amides is 1. The van der Waals surface area contributed by atoms with E-state index in [0.717, 1.165) is 55.0 Å². The summed E-state index contributed by atoms with van der Waals surface area (Å²) in [7, 11) is 3.46. The number of esters is 1. The summed E-state index contributed by atoms with van der Waals surface area (Å²) in [5.74, 6) is 0.451. The summed E-state index contributed by atoms with van der Waals surface area (Å²) in [6.07, 6.45) is 3.52. The number of rotatable bonds is 5. The van der Waals surface area contributed by atoms with Crippen LogP contribution in [0, 0.1) is 19.8 Å². The van der Waals surface area contributed by atoms with Gasteiger partial charge in [0.15, 0.2) is 6.61 Å². The van der Waals surface area contributed by atoms with Crippen molar-refractivity contribution in [2.45, 2.75) is 33.2 Å². The highest BCUT2D eigenvalue weighted by Crippen LogP contribution is 2.39. The van der Waals surface area contributed by atoms with E-state index in [1.54, 1.807) is 0 Å². The Kier molecular flexibility index (Phi) is 6.53. The van der Waals surface area contributed by atoms with Crippen LogP contribution in [0.4, 0.5) is 5.69 Å². The van der Waals surface area contributed by atoms with E-state index in [-0.39, 0.29) is 24.4 Å². The van der Waals surface area contributed by atoms with Crippen molar-refractivity contribution < 1.29 is 19.1 Å². The van der Waals surface area contributed by atoms with Gasteiger partial charge in [-0.2, -0.15) is 0 Å². The lowest BCUT2D eigenvalue weighted by molar-refractivity contribution is -0.147. The highest BCUT2D eigenvalue weighted by atomic mass is 16.5. The smallest absolute Gasteiger partial charge is 0.308 e. The van der Waals surface area contributed by atoms with Gasteiger partial charge in [-0.05, 0) is 68.6 Å². The van der Waals surface area contributed by atoms with Crippen LogP contribution in [0.3, 0.4) is 0 Å². The maximum absolute atomic E-state index is 11.8. The summed E-state index contributed by atoms with van der Waals surface area (Å²) in [6, 6.07) is 10.3. The van der Waals surface area contributed by atoms with Crippen LogP contribution in [0.15, 0.2) is 36.7 Å². The quantitative estimate of drug-likeness (QED) is 0.545. The average Bonchev–Trinajstić information content (AvgIpc) is 3.24. The van der Waals surface area contributed by atoms with E-state index in [1.165, 1.54) is 23.8 Å². The molecule has 1 amide bonds. The minimum Gasteiger partial charge on any atom is -0.482 e. The molecule has 188 valence electrons. The summed E-state index contributed by atoms with van der Waals surface area (Å²) >= 11 is 0. The van der Waals surface area contributed by atoms with Crippen molar-refractivity contribution in [2.75, 3.05) is 32.1 Å². The van der Waals surface area contributed by atoms with E-state index in [4.69, 9.17) is 14.5 Å². The number of fused-ring (bicyclic) bond motifs is 1. The van der Waals surface area contributed by atoms with E-state index in [0.29, 0.717) is 11.4 Å². The standard InChI is InChI=1S/C28H32N4O4/c1-17-11-19(14-32-9-7-20(8-10-32)28(34)35-4)12-18(2)25(17)26-27(31(3)16-29-26)21-5-6-22-23(13-21)36-15-24(33)30-22/h5-6,11-13,16,20H,7-10,14-15H2,1-4H3,(H,30,33). The third-order valence-electron chi connectivity index (χ3n) is 7.18. The molecule has 2 aliphatic heterocycles. The van der Waals surface area contributed by atoms with Gasteiger partial charge in [-0.15, -0.1) is 0 Å². The van der Waals surface area contributed by atoms with Crippen molar-refractivity contribution in [3.05, 3.63) is 53.3 Å². The first-order valence-corrected chi connectivity index (χ1v) is 12.3. The number of methoxy groups -OCH3 is 1. The predicted octanol–water partition coefficient (Wildman–Crippen LogP) is 4.09. The van der Waals surface area contributed by atoms with Gasteiger partial charge in [0.05, 0.1) is 36.4 Å². The number of aromatic nitrogens is 2. The number of nitrogens with zero attached hydrogens (tertiary/aromatic N) is 3.